The van der Waals surface area contributed by atoms with E-state index in [1.54, 1.807) is 42.8 Å². The van der Waals surface area contributed by atoms with Crippen LogP contribution in [-0.4, -0.2) is 23.1 Å². The molecule has 138 valence electrons. The summed E-state index contributed by atoms with van der Waals surface area (Å²) in [6.45, 7) is 7.28. The average molecular weight is 367 g/mol. The van der Waals surface area contributed by atoms with Crippen LogP contribution in [0.25, 0.3) is 22.6 Å². The van der Waals surface area contributed by atoms with Gasteiger partial charge in [-0.1, -0.05) is 6.08 Å². The Bertz CT molecular complexity index is 1320. The van der Waals surface area contributed by atoms with Crippen molar-refractivity contribution in [3.05, 3.63) is 75.5 Å². The number of rotatable bonds is 3. The molecule has 0 N–H and O–H groups in total. The van der Waals surface area contributed by atoms with Crippen molar-refractivity contribution in [2.24, 2.45) is 7.05 Å². The van der Waals surface area contributed by atoms with Gasteiger partial charge in [-0.2, -0.15) is 4.98 Å². The second kappa shape index (κ2) is 5.80. The lowest BCUT2D eigenvalue weighted by molar-refractivity contribution is 0.574. The summed E-state index contributed by atoms with van der Waals surface area (Å²) in [5.74, 6) is 0.141. The molecule has 0 saturated carbocycles. The van der Waals surface area contributed by atoms with E-state index >= 15 is 0 Å². The maximum atomic E-state index is 13.3. The molecule has 27 heavy (non-hydrogen) atoms. The number of imidazole rings is 2. The van der Waals surface area contributed by atoms with Gasteiger partial charge in [-0.3, -0.25) is 22.9 Å². The first-order valence-electron chi connectivity index (χ1n) is 8.45. The van der Waals surface area contributed by atoms with Crippen LogP contribution >= 0.6 is 0 Å². The normalized spacial score (nSPS) is 12.7. The molecule has 0 spiro atoms. The molecular weight excluding hydrogens is 349 g/mol. The number of hydrogen-bond donors (Lipinski definition) is 0. The molecule has 0 radical (unpaired) electrons. The van der Waals surface area contributed by atoms with Crippen molar-refractivity contribution in [3.8, 4) is 5.69 Å². The Labute approximate surface area is 153 Å². The molecule has 0 bridgehead atoms. The Morgan fingerprint density at radius 1 is 1.22 bits per heavy atom. The zero-order valence-electron chi connectivity index (χ0n) is 15.2. The van der Waals surface area contributed by atoms with Gasteiger partial charge in [0.2, 0.25) is 5.78 Å². The largest absolute Gasteiger partial charge is 0.333 e. The van der Waals surface area contributed by atoms with Crippen molar-refractivity contribution in [1.29, 1.82) is 0 Å². The highest BCUT2D eigenvalue weighted by atomic mass is 19.1. The van der Waals surface area contributed by atoms with Gasteiger partial charge in [0.1, 0.15) is 5.82 Å². The van der Waals surface area contributed by atoms with E-state index in [0.717, 1.165) is 10.3 Å². The molecular formula is C19H18FN5O2. The maximum absolute atomic E-state index is 13.3. The third kappa shape index (κ3) is 2.29. The van der Waals surface area contributed by atoms with Crippen molar-refractivity contribution < 1.29 is 4.39 Å². The average Bonchev–Trinajstić information content (AvgIpc) is 3.15. The smallest absolute Gasteiger partial charge is 0.283 e. The molecule has 0 aliphatic carbocycles. The van der Waals surface area contributed by atoms with Crippen LogP contribution < -0.4 is 11.2 Å². The fourth-order valence-electron chi connectivity index (χ4n) is 3.35. The summed E-state index contributed by atoms with van der Waals surface area (Å²) >= 11 is 0. The van der Waals surface area contributed by atoms with Crippen LogP contribution in [-0.2, 0) is 7.05 Å². The van der Waals surface area contributed by atoms with Gasteiger partial charge in [0.25, 0.3) is 5.56 Å². The second-order valence-corrected chi connectivity index (χ2v) is 6.53. The summed E-state index contributed by atoms with van der Waals surface area (Å²) in [5, 5.41) is 0. The molecule has 4 aromatic rings. The van der Waals surface area contributed by atoms with E-state index < -0.39 is 17.3 Å². The Kier molecular flexibility index (Phi) is 3.66. The number of allylic oxidation sites excluding steroid dienone is 1. The monoisotopic (exact) mass is 367 g/mol. The molecule has 4 rings (SSSR count). The molecule has 1 aromatic carbocycles. The van der Waals surface area contributed by atoms with Crippen LogP contribution in [0.4, 0.5) is 4.39 Å². The number of aromatic nitrogens is 5. The lowest BCUT2D eigenvalue weighted by Gasteiger charge is -2.11. The Balaban J connectivity index is 2.15. The highest BCUT2D eigenvalue weighted by Gasteiger charge is 2.21. The third-order valence-electron chi connectivity index (χ3n) is 4.81. The Hall–Kier alpha value is -3.42. The summed E-state index contributed by atoms with van der Waals surface area (Å²) < 4.78 is 19.3. The van der Waals surface area contributed by atoms with Gasteiger partial charge < -0.3 is 0 Å². The summed E-state index contributed by atoms with van der Waals surface area (Å²) in [6, 6.07) is 5.55. The van der Waals surface area contributed by atoms with Crippen molar-refractivity contribution in [2.45, 2.75) is 19.9 Å². The van der Waals surface area contributed by atoms with E-state index in [0.29, 0.717) is 22.6 Å². The maximum Gasteiger partial charge on any atom is 0.333 e. The fraction of sp³-hybridized carbons (Fsp3) is 0.211. The molecule has 7 nitrogen and oxygen atoms in total. The first kappa shape index (κ1) is 17.0. The van der Waals surface area contributed by atoms with E-state index in [9.17, 15) is 14.0 Å². The number of fused-ring (bicyclic) bond motifs is 3. The van der Waals surface area contributed by atoms with Crippen molar-refractivity contribution in [2.75, 3.05) is 0 Å². The summed E-state index contributed by atoms with van der Waals surface area (Å²) in [4.78, 5) is 30.2. The highest BCUT2D eigenvalue weighted by Crippen LogP contribution is 2.21. The van der Waals surface area contributed by atoms with Crippen LogP contribution in [0.2, 0.25) is 0 Å². The quantitative estimate of drug-likeness (QED) is 0.522. The number of nitrogens with zero attached hydrogens (tertiary/aromatic N) is 5. The Morgan fingerprint density at radius 3 is 2.52 bits per heavy atom. The SMILES string of the molecule is C=C[C@H](C)n1c(=O)c2c(nc3n(-c4ccc(F)cc4)c(C)cn23)n(C)c1=O. The van der Waals surface area contributed by atoms with Crippen LogP contribution in [0.1, 0.15) is 18.7 Å². The molecule has 3 aromatic heterocycles. The van der Waals surface area contributed by atoms with Gasteiger partial charge in [0, 0.05) is 24.6 Å². The standard InChI is InChI=1S/C19H18FN5O2/c1-5-11(2)25-17(26)15-16(22(4)19(25)27)21-18-23(15)10-12(3)24(18)14-8-6-13(20)7-9-14/h5-11H,1H2,2-4H3/t11-/m0/s1. The minimum Gasteiger partial charge on any atom is -0.283 e. The van der Waals surface area contributed by atoms with E-state index in [1.807, 2.05) is 11.5 Å². The van der Waals surface area contributed by atoms with Crippen LogP contribution in [0.15, 0.2) is 52.7 Å². The number of halogens is 1. The van der Waals surface area contributed by atoms with Gasteiger partial charge in [0.15, 0.2) is 11.2 Å². The molecule has 0 aliphatic heterocycles. The molecule has 0 aliphatic rings. The highest BCUT2D eigenvalue weighted by molar-refractivity contribution is 5.76. The molecule has 0 fully saturated rings. The van der Waals surface area contributed by atoms with Gasteiger partial charge >= 0.3 is 5.69 Å². The van der Waals surface area contributed by atoms with Crippen molar-refractivity contribution in [1.82, 2.24) is 23.1 Å². The summed E-state index contributed by atoms with van der Waals surface area (Å²) in [6.07, 6.45) is 3.32. The van der Waals surface area contributed by atoms with E-state index in [-0.39, 0.29) is 5.82 Å². The minimum atomic E-state index is -0.453. The predicted octanol–water partition coefficient (Wildman–Crippen LogP) is 2.33. The topological polar surface area (TPSA) is 66.2 Å². The molecule has 0 saturated heterocycles. The Morgan fingerprint density at radius 2 is 1.89 bits per heavy atom. The van der Waals surface area contributed by atoms with Gasteiger partial charge in [0.05, 0.1) is 6.04 Å². The number of benzene rings is 1. The van der Waals surface area contributed by atoms with Crippen molar-refractivity contribution >= 4 is 16.9 Å². The lowest BCUT2D eigenvalue weighted by atomic mass is 10.3. The van der Waals surface area contributed by atoms with Gasteiger partial charge in [-0.15, -0.1) is 6.58 Å². The van der Waals surface area contributed by atoms with Crippen LogP contribution in [0.5, 0.6) is 0 Å². The van der Waals surface area contributed by atoms with Crippen LogP contribution in [0.3, 0.4) is 0 Å². The third-order valence-corrected chi connectivity index (χ3v) is 4.81. The van der Waals surface area contributed by atoms with Crippen LogP contribution in [0, 0.1) is 12.7 Å². The number of hydrogen-bond acceptors (Lipinski definition) is 3. The van der Waals surface area contributed by atoms with E-state index in [4.69, 9.17) is 0 Å². The van der Waals surface area contributed by atoms with E-state index in [2.05, 4.69) is 11.6 Å². The predicted molar refractivity (Wildman–Crippen MR) is 101 cm³/mol. The fourth-order valence-corrected chi connectivity index (χ4v) is 3.35. The van der Waals surface area contributed by atoms with Gasteiger partial charge in [-0.25, -0.2) is 9.18 Å². The number of aryl methyl sites for hydroxylation is 2. The first-order valence-corrected chi connectivity index (χ1v) is 8.45. The van der Waals surface area contributed by atoms with Crippen molar-refractivity contribution in [3.63, 3.8) is 0 Å². The van der Waals surface area contributed by atoms with Gasteiger partial charge in [-0.05, 0) is 38.1 Å². The molecule has 3 heterocycles. The zero-order chi connectivity index (χ0) is 19.5. The minimum absolute atomic E-state index is 0.295. The lowest BCUT2D eigenvalue weighted by Crippen LogP contribution is -2.40. The summed E-state index contributed by atoms with van der Waals surface area (Å²) in [5.41, 5.74) is 1.26. The molecule has 8 heteroatoms. The second-order valence-electron chi connectivity index (χ2n) is 6.53. The molecule has 0 unspecified atom stereocenters. The summed E-state index contributed by atoms with van der Waals surface area (Å²) in [7, 11) is 1.58. The van der Waals surface area contributed by atoms with E-state index in [1.165, 1.54) is 16.7 Å². The molecule has 0 amide bonds. The first-order chi connectivity index (χ1) is 12.8. The molecule has 1 atom stereocenters. The zero-order valence-corrected chi connectivity index (χ0v) is 15.2.